The van der Waals surface area contributed by atoms with E-state index in [1.54, 1.807) is 38.5 Å². The van der Waals surface area contributed by atoms with Gasteiger partial charge in [-0.05, 0) is 47.5 Å². The lowest BCUT2D eigenvalue weighted by Gasteiger charge is -2.20. The molecule has 7 heteroatoms. The van der Waals surface area contributed by atoms with E-state index in [1.807, 2.05) is 54.6 Å². The van der Waals surface area contributed by atoms with Crippen molar-refractivity contribution in [3.05, 3.63) is 90.0 Å². The Balaban J connectivity index is 1.68. The third-order valence-electron chi connectivity index (χ3n) is 4.73. The lowest BCUT2D eigenvalue weighted by atomic mass is 9.98. The standard InChI is InChI=1S/C25H26N2O5/c1-30-16-17-32-22-14-10-20(11-15-22)26-24(28)25(29)27-23(18-6-4-3-5-7-18)19-8-12-21(31-2)13-9-19/h3-15,23H,16-17H2,1-2H3,(H,26,28)(H,27,29)/t23-/m0/s1. The monoisotopic (exact) mass is 434 g/mol. The van der Waals surface area contributed by atoms with Crippen LogP contribution in [0.15, 0.2) is 78.9 Å². The van der Waals surface area contributed by atoms with E-state index in [0.717, 1.165) is 11.1 Å². The Morgan fingerprint density at radius 2 is 1.38 bits per heavy atom. The van der Waals surface area contributed by atoms with Gasteiger partial charge >= 0.3 is 11.8 Å². The van der Waals surface area contributed by atoms with Crippen LogP contribution in [0.4, 0.5) is 5.69 Å². The van der Waals surface area contributed by atoms with Gasteiger partial charge in [-0.15, -0.1) is 0 Å². The van der Waals surface area contributed by atoms with Crippen molar-refractivity contribution in [1.29, 1.82) is 0 Å². The molecule has 0 unspecified atom stereocenters. The van der Waals surface area contributed by atoms with Crippen LogP contribution in [0.3, 0.4) is 0 Å². The van der Waals surface area contributed by atoms with E-state index in [9.17, 15) is 9.59 Å². The molecule has 0 spiro atoms. The Hall–Kier alpha value is -3.84. The maximum atomic E-state index is 12.7. The van der Waals surface area contributed by atoms with Gasteiger partial charge in [0.15, 0.2) is 0 Å². The first-order valence-electron chi connectivity index (χ1n) is 10.1. The molecule has 2 N–H and O–H groups in total. The summed E-state index contributed by atoms with van der Waals surface area (Å²) in [5, 5.41) is 5.43. The number of anilines is 1. The van der Waals surface area contributed by atoms with E-state index in [-0.39, 0.29) is 0 Å². The minimum atomic E-state index is -0.757. The molecule has 7 nitrogen and oxygen atoms in total. The summed E-state index contributed by atoms with van der Waals surface area (Å²) in [6.07, 6.45) is 0. The predicted octanol–water partition coefficient (Wildman–Crippen LogP) is 3.56. The minimum absolute atomic E-state index is 0.427. The van der Waals surface area contributed by atoms with Gasteiger partial charge in [-0.2, -0.15) is 0 Å². The lowest BCUT2D eigenvalue weighted by molar-refractivity contribution is -0.136. The second kappa shape index (κ2) is 11.5. The van der Waals surface area contributed by atoms with Crippen LogP contribution < -0.4 is 20.1 Å². The fourth-order valence-electron chi connectivity index (χ4n) is 3.06. The summed E-state index contributed by atoms with van der Waals surface area (Å²) in [5.74, 6) is -0.144. The number of carbonyl (C=O) groups is 2. The molecule has 3 rings (SSSR count). The molecule has 0 aliphatic rings. The van der Waals surface area contributed by atoms with Gasteiger partial charge in [0, 0.05) is 12.8 Å². The summed E-state index contributed by atoms with van der Waals surface area (Å²) in [6.45, 7) is 0.909. The van der Waals surface area contributed by atoms with Crippen molar-refractivity contribution in [2.75, 3.05) is 32.8 Å². The molecular formula is C25H26N2O5. The maximum Gasteiger partial charge on any atom is 0.313 e. The Kier molecular flexibility index (Phi) is 8.22. The van der Waals surface area contributed by atoms with Crippen LogP contribution in [0.5, 0.6) is 11.5 Å². The number of nitrogens with one attached hydrogen (secondary N) is 2. The van der Waals surface area contributed by atoms with Crippen LogP contribution in [0, 0.1) is 0 Å². The van der Waals surface area contributed by atoms with Crippen LogP contribution >= 0.6 is 0 Å². The molecule has 0 bridgehead atoms. The number of hydrogen-bond acceptors (Lipinski definition) is 5. The smallest absolute Gasteiger partial charge is 0.313 e. The second-order valence-electron chi connectivity index (χ2n) is 6.91. The van der Waals surface area contributed by atoms with Gasteiger partial charge in [0.1, 0.15) is 18.1 Å². The van der Waals surface area contributed by atoms with Crippen LogP contribution in [-0.2, 0) is 14.3 Å². The summed E-state index contributed by atoms with van der Waals surface area (Å²) in [6, 6.07) is 23.1. The van der Waals surface area contributed by atoms with E-state index in [2.05, 4.69) is 10.6 Å². The first kappa shape index (κ1) is 22.8. The number of amides is 2. The quantitative estimate of drug-likeness (QED) is 0.397. The fourth-order valence-corrected chi connectivity index (χ4v) is 3.06. The number of benzene rings is 3. The topological polar surface area (TPSA) is 85.9 Å². The van der Waals surface area contributed by atoms with E-state index < -0.39 is 17.9 Å². The molecule has 0 saturated carbocycles. The first-order valence-corrected chi connectivity index (χ1v) is 10.1. The average Bonchev–Trinajstić information content (AvgIpc) is 2.84. The maximum absolute atomic E-state index is 12.7. The van der Waals surface area contributed by atoms with Crippen LogP contribution in [0.1, 0.15) is 17.2 Å². The van der Waals surface area contributed by atoms with E-state index in [0.29, 0.717) is 30.4 Å². The van der Waals surface area contributed by atoms with Crippen LogP contribution in [0.2, 0.25) is 0 Å². The van der Waals surface area contributed by atoms with E-state index in [1.165, 1.54) is 0 Å². The first-order chi connectivity index (χ1) is 15.6. The Bertz CT molecular complexity index is 1000. The highest BCUT2D eigenvalue weighted by molar-refractivity contribution is 6.39. The van der Waals surface area contributed by atoms with E-state index >= 15 is 0 Å². The molecule has 0 heterocycles. The van der Waals surface area contributed by atoms with Crippen molar-refractivity contribution in [3.8, 4) is 11.5 Å². The highest BCUT2D eigenvalue weighted by Gasteiger charge is 2.21. The van der Waals surface area contributed by atoms with Gasteiger partial charge in [-0.3, -0.25) is 9.59 Å². The van der Waals surface area contributed by atoms with Crippen LogP contribution in [0.25, 0.3) is 0 Å². The van der Waals surface area contributed by atoms with Gasteiger partial charge in [-0.1, -0.05) is 42.5 Å². The largest absolute Gasteiger partial charge is 0.497 e. The normalized spacial score (nSPS) is 11.3. The molecule has 2 amide bonds. The van der Waals surface area contributed by atoms with Gasteiger partial charge in [-0.25, -0.2) is 0 Å². The molecule has 3 aromatic rings. The molecule has 1 atom stereocenters. The SMILES string of the molecule is COCCOc1ccc(NC(=O)C(=O)N[C@@H](c2ccccc2)c2ccc(OC)cc2)cc1. The van der Waals surface area contributed by atoms with Crippen molar-refractivity contribution >= 4 is 17.5 Å². The predicted molar refractivity (Wildman–Crippen MR) is 122 cm³/mol. The highest BCUT2D eigenvalue weighted by Crippen LogP contribution is 2.24. The molecule has 0 aliphatic heterocycles. The summed E-state index contributed by atoms with van der Waals surface area (Å²) in [5.41, 5.74) is 2.18. The van der Waals surface area contributed by atoms with Crippen molar-refractivity contribution in [1.82, 2.24) is 5.32 Å². The molecule has 166 valence electrons. The molecule has 0 fully saturated rings. The number of carbonyl (C=O) groups excluding carboxylic acids is 2. The van der Waals surface area contributed by atoms with Crippen LogP contribution in [-0.4, -0.2) is 39.2 Å². The Morgan fingerprint density at radius 3 is 2.00 bits per heavy atom. The molecule has 0 aromatic heterocycles. The second-order valence-corrected chi connectivity index (χ2v) is 6.91. The molecule has 0 saturated heterocycles. The zero-order valence-corrected chi connectivity index (χ0v) is 18.0. The molecule has 32 heavy (non-hydrogen) atoms. The highest BCUT2D eigenvalue weighted by atomic mass is 16.5. The Morgan fingerprint density at radius 1 is 0.750 bits per heavy atom. The fraction of sp³-hybridized carbons (Fsp3) is 0.200. The van der Waals surface area contributed by atoms with Gasteiger partial charge in [0.25, 0.3) is 0 Å². The zero-order chi connectivity index (χ0) is 22.8. The van der Waals surface area contributed by atoms with Gasteiger partial charge in [0.2, 0.25) is 0 Å². The van der Waals surface area contributed by atoms with Crippen molar-refractivity contribution in [2.45, 2.75) is 6.04 Å². The van der Waals surface area contributed by atoms with E-state index in [4.69, 9.17) is 14.2 Å². The van der Waals surface area contributed by atoms with Crippen molar-refractivity contribution in [3.63, 3.8) is 0 Å². The number of rotatable bonds is 9. The lowest BCUT2D eigenvalue weighted by Crippen LogP contribution is -2.38. The zero-order valence-electron chi connectivity index (χ0n) is 18.0. The summed E-state index contributed by atoms with van der Waals surface area (Å²) in [7, 11) is 3.19. The molecule has 0 aliphatic carbocycles. The number of hydrogen-bond donors (Lipinski definition) is 2. The number of ether oxygens (including phenoxy) is 3. The summed E-state index contributed by atoms with van der Waals surface area (Å²) >= 11 is 0. The minimum Gasteiger partial charge on any atom is -0.497 e. The third kappa shape index (κ3) is 6.33. The summed E-state index contributed by atoms with van der Waals surface area (Å²) < 4.78 is 15.6. The molecule has 3 aromatic carbocycles. The van der Waals surface area contributed by atoms with Gasteiger partial charge < -0.3 is 24.8 Å². The number of methoxy groups -OCH3 is 2. The van der Waals surface area contributed by atoms with Crippen molar-refractivity contribution < 1.29 is 23.8 Å². The van der Waals surface area contributed by atoms with Crippen molar-refractivity contribution in [2.24, 2.45) is 0 Å². The Labute approximate surface area is 187 Å². The summed E-state index contributed by atoms with van der Waals surface area (Å²) in [4.78, 5) is 25.2. The molecule has 0 radical (unpaired) electrons. The van der Waals surface area contributed by atoms with Gasteiger partial charge in [0.05, 0.1) is 19.8 Å². The molecular weight excluding hydrogens is 408 g/mol. The average molecular weight is 434 g/mol. The third-order valence-corrected chi connectivity index (χ3v) is 4.73.